The van der Waals surface area contributed by atoms with Gasteiger partial charge in [-0.15, -0.1) is 0 Å². The Bertz CT molecular complexity index is 364. The highest BCUT2D eigenvalue weighted by Gasteiger charge is 2.10. The number of benzene rings is 1. The molecule has 0 amide bonds. The summed E-state index contributed by atoms with van der Waals surface area (Å²) in [4.78, 5) is 10.5. The number of aryl methyl sites for hydroxylation is 2. The Morgan fingerprint density at radius 1 is 1.47 bits per heavy atom. The highest BCUT2D eigenvalue weighted by atomic mass is 16.4. The predicted molar refractivity (Wildman–Crippen MR) is 53.0 cm³/mol. The molecule has 4 nitrogen and oxygen atoms in total. The molecular weight excluding hydrogens is 194 g/mol. The summed E-state index contributed by atoms with van der Waals surface area (Å²) in [7, 11) is 0. The first-order chi connectivity index (χ1) is 6.91. The lowest BCUT2D eigenvalue weighted by molar-refractivity contribution is -0.437. The number of rotatable bonds is 3. The minimum atomic E-state index is -1.15. The lowest BCUT2D eigenvalue weighted by Gasteiger charge is -2.11. The van der Waals surface area contributed by atoms with Gasteiger partial charge in [0, 0.05) is 6.42 Å². The summed E-state index contributed by atoms with van der Waals surface area (Å²) >= 11 is 0. The molecule has 1 atom stereocenters. The second-order valence-electron chi connectivity index (χ2n) is 3.80. The van der Waals surface area contributed by atoms with Gasteiger partial charge < -0.3 is 20.7 Å². The van der Waals surface area contributed by atoms with Crippen LogP contribution in [0.1, 0.15) is 16.7 Å². The second kappa shape index (κ2) is 4.31. The topological polar surface area (TPSA) is 88.0 Å². The van der Waals surface area contributed by atoms with E-state index in [1.54, 1.807) is 26.0 Å². The maximum absolute atomic E-state index is 10.5. The molecule has 0 spiro atoms. The van der Waals surface area contributed by atoms with Crippen molar-refractivity contribution in [2.45, 2.75) is 26.3 Å². The number of aliphatic carboxylic acids is 1. The van der Waals surface area contributed by atoms with Crippen molar-refractivity contribution in [3.63, 3.8) is 0 Å². The van der Waals surface area contributed by atoms with Crippen molar-refractivity contribution in [2.75, 3.05) is 0 Å². The maximum Gasteiger partial charge on any atom is 0.129 e. The van der Waals surface area contributed by atoms with E-state index in [0.29, 0.717) is 6.42 Å². The Morgan fingerprint density at radius 2 is 1.93 bits per heavy atom. The summed E-state index contributed by atoms with van der Waals surface area (Å²) in [6.45, 7) is 3.56. The Morgan fingerprint density at radius 3 is 2.33 bits per heavy atom. The van der Waals surface area contributed by atoms with Crippen LogP contribution < -0.4 is 10.8 Å². The number of hydrogen-bond donors (Lipinski definition) is 2. The third-order valence-corrected chi connectivity index (χ3v) is 2.37. The molecule has 4 N–H and O–H groups in total. The van der Waals surface area contributed by atoms with Gasteiger partial charge in [0.1, 0.15) is 11.8 Å². The van der Waals surface area contributed by atoms with Crippen LogP contribution in [0, 0.1) is 13.8 Å². The molecule has 1 rings (SSSR count). The summed E-state index contributed by atoms with van der Waals surface area (Å²) < 4.78 is 0. The van der Waals surface area contributed by atoms with Crippen LogP contribution in [-0.4, -0.2) is 17.1 Å². The van der Waals surface area contributed by atoms with Crippen molar-refractivity contribution in [3.8, 4) is 5.75 Å². The Hall–Kier alpha value is -1.55. The maximum atomic E-state index is 10.5. The number of carboxylic acid groups (broad SMARTS) is 1. The molecule has 0 saturated carbocycles. The Kier molecular flexibility index (Phi) is 3.31. The number of carbonyl (C=O) groups is 1. The molecule has 0 heterocycles. The first-order valence-electron chi connectivity index (χ1n) is 4.75. The molecule has 0 saturated heterocycles. The van der Waals surface area contributed by atoms with Gasteiger partial charge in [-0.05, 0) is 30.5 Å². The molecule has 1 aromatic carbocycles. The Labute approximate surface area is 88.3 Å². The van der Waals surface area contributed by atoms with Gasteiger partial charge in [0.25, 0.3) is 0 Å². The number of carbonyl (C=O) groups excluding carboxylic acids is 1. The van der Waals surface area contributed by atoms with Crippen molar-refractivity contribution >= 4 is 5.97 Å². The van der Waals surface area contributed by atoms with Crippen LogP contribution in [-0.2, 0) is 11.2 Å². The van der Waals surface area contributed by atoms with Crippen LogP contribution in [0.15, 0.2) is 12.1 Å². The fraction of sp³-hybridized carbons (Fsp3) is 0.364. The summed E-state index contributed by atoms with van der Waals surface area (Å²) in [6.07, 6.45) is 0.324. The van der Waals surface area contributed by atoms with Gasteiger partial charge >= 0.3 is 0 Å². The minimum absolute atomic E-state index is 0.257. The van der Waals surface area contributed by atoms with Gasteiger partial charge in [0.15, 0.2) is 0 Å². The average Bonchev–Trinajstić information content (AvgIpc) is 2.13. The Balaban J connectivity index is 2.92. The number of aromatic hydroxyl groups is 1. The molecule has 0 aliphatic carbocycles. The van der Waals surface area contributed by atoms with E-state index in [2.05, 4.69) is 5.73 Å². The third kappa shape index (κ3) is 2.70. The van der Waals surface area contributed by atoms with Crippen LogP contribution in [0.5, 0.6) is 5.75 Å². The molecule has 4 heteroatoms. The van der Waals surface area contributed by atoms with E-state index in [-0.39, 0.29) is 5.75 Å². The number of phenolic OH excluding ortho intramolecular Hbond substituents is 1. The largest absolute Gasteiger partial charge is 0.544 e. The van der Waals surface area contributed by atoms with E-state index in [0.717, 1.165) is 16.7 Å². The van der Waals surface area contributed by atoms with E-state index in [9.17, 15) is 15.0 Å². The van der Waals surface area contributed by atoms with E-state index in [1.807, 2.05) is 0 Å². The molecule has 0 aromatic heterocycles. The normalized spacial score (nSPS) is 12.5. The smallest absolute Gasteiger partial charge is 0.129 e. The van der Waals surface area contributed by atoms with Crippen molar-refractivity contribution in [3.05, 3.63) is 28.8 Å². The first-order valence-corrected chi connectivity index (χ1v) is 4.75. The lowest BCUT2D eigenvalue weighted by atomic mass is 10.0. The molecule has 0 fully saturated rings. The average molecular weight is 209 g/mol. The monoisotopic (exact) mass is 209 g/mol. The summed E-state index contributed by atoms with van der Waals surface area (Å²) in [5.74, 6) is -0.897. The first kappa shape index (κ1) is 11.5. The van der Waals surface area contributed by atoms with Gasteiger partial charge in [-0.25, -0.2) is 0 Å². The minimum Gasteiger partial charge on any atom is -0.544 e. The molecule has 1 aromatic rings. The summed E-state index contributed by atoms with van der Waals surface area (Å²) in [6, 6.07) is 2.78. The van der Waals surface area contributed by atoms with Gasteiger partial charge in [-0.1, -0.05) is 12.1 Å². The third-order valence-electron chi connectivity index (χ3n) is 2.37. The highest BCUT2D eigenvalue weighted by molar-refractivity contribution is 5.69. The van der Waals surface area contributed by atoms with E-state index < -0.39 is 12.0 Å². The summed E-state index contributed by atoms with van der Waals surface area (Å²) in [5.41, 5.74) is 5.84. The van der Waals surface area contributed by atoms with Crippen LogP contribution in [0.4, 0.5) is 0 Å². The zero-order valence-electron chi connectivity index (χ0n) is 8.91. The fourth-order valence-electron chi connectivity index (χ4n) is 1.53. The number of phenols is 1. The number of quaternary nitrogens is 1. The quantitative estimate of drug-likeness (QED) is 0.663. The molecule has 0 bridgehead atoms. The fourth-order valence-corrected chi connectivity index (χ4v) is 1.53. The van der Waals surface area contributed by atoms with Crippen molar-refractivity contribution in [2.24, 2.45) is 0 Å². The molecular formula is C11H15NO3. The van der Waals surface area contributed by atoms with E-state index in [1.165, 1.54) is 0 Å². The van der Waals surface area contributed by atoms with Crippen LogP contribution in [0.3, 0.4) is 0 Å². The molecule has 0 unspecified atom stereocenters. The van der Waals surface area contributed by atoms with Gasteiger partial charge in [-0.3, -0.25) is 0 Å². The molecule has 0 aliphatic heterocycles. The zero-order valence-corrected chi connectivity index (χ0v) is 8.91. The van der Waals surface area contributed by atoms with Crippen LogP contribution >= 0.6 is 0 Å². The molecule has 15 heavy (non-hydrogen) atoms. The molecule has 82 valence electrons. The highest BCUT2D eigenvalue weighted by Crippen LogP contribution is 2.23. The van der Waals surface area contributed by atoms with Crippen molar-refractivity contribution in [1.29, 1.82) is 0 Å². The number of carboxylic acids is 1. The van der Waals surface area contributed by atoms with E-state index >= 15 is 0 Å². The van der Waals surface area contributed by atoms with Crippen LogP contribution in [0.25, 0.3) is 0 Å². The molecule has 0 aliphatic rings. The van der Waals surface area contributed by atoms with Crippen molar-refractivity contribution in [1.82, 2.24) is 0 Å². The van der Waals surface area contributed by atoms with Gasteiger partial charge in [0.2, 0.25) is 0 Å². The predicted octanol–water partition coefficient (Wildman–Crippen LogP) is -1.09. The standard InChI is InChI=1S/C11H15NO3/c1-6-3-8(4-7(2)10(6)13)5-9(12)11(14)15/h3-4,9,13H,5,12H2,1-2H3,(H,14,15)/t9-/m1/s1. The lowest BCUT2D eigenvalue weighted by Crippen LogP contribution is -2.69. The van der Waals surface area contributed by atoms with Crippen LogP contribution in [0.2, 0.25) is 0 Å². The SMILES string of the molecule is Cc1cc(C[C@@H]([NH3+])C(=O)[O-])cc(C)c1O. The second-order valence-corrected chi connectivity index (χ2v) is 3.80. The van der Waals surface area contributed by atoms with Crippen molar-refractivity contribution < 1.29 is 20.7 Å². The van der Waals surface area contributed by atoms with Gasteiger partial charge in [0.05, 0.1) is 5.97 Å². The molecule has 0 radical (unpaired) electrons. The van der Waals surface area contributed by atoms with Gasteiger partial charge in [-0.2, -0.15) is 0 Å². The zero-order chi connectivity index (χ0) is 11.6. The number of hydrogen-bond acceptors (Lipinski definition) is 3. The van der Waals surface area contributed by atoms with E-state index in [4.69, 9.17) is 0 Å². The summed E-state index contributed by atoms with van der Waals surface area (Å²) in [5, 5.41) is 20.0.